The fourth-order valence-electron chi connectivity index (χ4n) is 6.32. The van der Waals surface area contributed by atoms with E-state index in [9.17, 15) is 14.4 Å². The second kappa shape index (κ2) is 12.0. The number of aryl methyl sites for hydroxylation is 1. The van der Waals surface area contributed by atoms with E-state index in [4.69, 9.17) is 9.47 Å². The van der Waals surface area contributed by atoms with Crippen molar-refractivity contribution in [1.29, 1.82) is 0 Å². The molecule has 0 unspecified atom stereocenters. The molecule has 2 aliphatic rings. The standard InChI is InChI=1S/C32H34BrN7O5/c1-17(41)28-23-9-19(21-12-34-18(2)35-13-21)8-20(15-44-4)29(23)39(38-28)14-27(42)40-25(10-32(3)11-26(32)40)31(43)37-30-24(33)7-6-22(36-30)16-45-5/h6-9,12-13,25-26H,10-11,14-16H2,1-5H3,(H,36,37,43)/t25-,26+,32-/m0/s1. The average Bonchev–Trinajstić information content (AvgIpc) is 3.35. The number of carbonyl (C=O) groups excluding carboxylic acids is 3. The van der Waals surface area contributed by atoms with Crippen molar-refractivity contribution in [3.8, 4) is 11.1 Å². The van der Waals surface area contributed by atoms with Crippen LogP contribution in [0.15, 0.2) is 41.1 Å². The van der Waals surface area contributed by atoms with Gasteiger partial charge in [-0.25, -0.2) is 15.0 Å². The fourth-order valence-corrected chi connectivity index (χ4v) is 6.64. The molecule has 1 saturated heterocycles. The first-order chi connectivity index (χ1) is 21.5. The predicted octanol–water partition coefficient (Wildman–Crippen LogP) is 4.47. The van der Waals surface area contributed by atoms with Crippen molar-refractivity contribution in [1.82, 2.24) is 29.6 Å². The molecule has 12 nitrogen and oxygen atoms in total. The maximum Gasteiger partial charge on any atom is 0.248 e. The summed E-state index contributed by atoms with van der Waals surface area (Å²) in [5.41, 5.74) is 3.77. The molecule has 4 heterocycles. The largest absolute Gasteiger partial charge is 0.380 e. The SMILES string of the molecule is COCc1ccc(Br)c(NC(=O)[C@@H]2C[C@@]3(C)C[C@H]3N2C(=O)Cn2nc(C(C)=O)c3cc(-c4cnc(C)nc4)cc(COC)c32)n1. The number of carbonyl (C=O) groups is 3. The van der Waals surface area contributed by atoms with E-state index >= 15 is 0 Å². The third-order valence-electron chi connectivity index (χ3n) is 8.62. The van der Waals surface area contributed by atoms with Crippen LogP contribution in [0.4, 0.5) is 5.82 Å². The van der Waals surface area contributed by atoms with Crippen molar-refractivity contribution in [2.24, 2.45) is 5.41 Å². The third-order valence-corrected chi connectivity index (χ3v) is 9.26. The maximum absolute atomic E-state index is 14.1. The number of pyridine rings is 1. The summed E-state index contributed by atoms with van der Waals surface area (Å²) >= 11 is 3.46. The van der Waals surface area contributed by atoms with Crippen LogP contribution in [0.5, 0.6) is 0 Å². The number of halogens is 1. The van der Waals surface area contributed by atoms with Gasteiger partial charge in [0.2, 0.25) is 11.8 Å². The van der Waals surface area contributed by atoms with E-state index in [0.29, 0.717) is 45.7 Å². The molecule has 45 heavy (non-hydrogen) atoms. The van der Waals surface area contributed by atoms with E-state index in [1.807, 2.05) is 25.1 Å². The molecule has 3 aromatic heterocycles. The van der Waals surface area contributed by atoms with Crippen molar-refractivity contribution < 1.29 is 23.9 Å². The zero-order valence-corrected chi connectivity index (χ0v) is 27.3. The van der Waals surface area contributed by atoms with Crippen LogP contribution in [0.1, 0.15) is 54.3 Å². The predicted molar refractivity (Wildman–Crippen MR) is 169 cm³/mol. The van der Waals surface area contributed by atoms with Gasteiger partial charge in [0.05, 0.1) is 28.9 Å². The zero-order valence-electron chi connectivity index (χ0n) is 25.8. The molecule has 3 atom stereocenters. The van der Waals surface area contributed by atoms with Crippen molar-refractivity contribution in [2.75, 3.05) is 19.5 Å². The molecule has 13 heteroatoms. The molecule has 1 N–H and O–H groups in total. The summed E-state index contributed by atoms with van der Waals surface area (Å²) in [4.78, 5) is 55.4. The Bertz CT molecular complexity index is 1820. The Labute approximate surface area is 268 Å². The number of nitrogens with one attached hydrogen (secondary N) is 1. The van der Waals surface area contributed by atoms with Gasteiger partial charge in [-0.2, -0.15) is 5.10 Å². The monoisotopic (exact) mass is 675 g/mol. The molecular weight excluding hydrogens is 642 g/mol. The highest BCUT2D eigenvalue weighted by molar-refractivity contribution is 9.10. The number of ketones is 1. The summed E-state index contributed by atoms with van der Waals surface area (Å²) in [5.74, 6) is 0.237. The molecule has 2 fully saturated rings. The van der Waals surface area contributed by atoms with Crippen molar-refractivity contribution in [2.45, 2.75) is 65.5 Å². The Morgan fingerprint density at radius 2 is 1.80 bits per heavy atom. The first kappa shape index (κ1) is 30.9. The van der Waals surface area contributed by atoms with E-state index in [2.05, 4.69) is 48.2 Å². The number of fused-ring (bicyclic) bond motifs is 2. The number of benzene rings is 1. The molecular formula is C32H34BrN7O5. The van der Waals surface area contributed by atoms with Crippen LogP contribution in [0.3, 0.4) is 0 Å². The van der Waals surface area contributed by atoms with E-state index in [0.717, 1.165) is 23.1 Å². The number of amides is 2. The van der Waals surface area contributed by atoms with E-state index in [-0.39, 0.29) is 47.9 Å². The van der Waals surface area contributed by atoms with Crippen molar-refractivity contribution >= 4 is 50.2 Å². The first-order valence-electron chi connectivity index (χ1n) is 14.6. The Hall–Kier alpha value is -4.07. The molecule has 234 valence electrons. The van der Waals surface area contributed by atoms with Gasteiger partial charge in [0.1, 0.15) is 29.9 Å². The van der Waals surface area contributed by atoms with Gasteiger partial charge in [0.15, 0.2) is 5.78 Å². The van der Waals surface area contributed by atoms with Crippen LogP contribution in [0.2, 0.25) is 0 Å². The molecule has 0 bridgehead atoms. The number of Topliss-reactive ketones (excluding diaryl/α,β-unsaturated/α-hetero) is 1. The lowest BCUT2D eigenvalue weighted by Crippen LogP contribution is -2.47. The van der Waals surface area contributed by atoms with Gasteiger partial charge in [-0.3, -0.25) is 19.1 Å². The molecule has 0 spiro atoms. The summed E-state index contributed by atoms with van der Waals surface area (Å²) in [7, 11) is 3.17. The Kier molecular flexibility index (Phi) is 8.27. The zero-order chi connectivity index (χ0) is 32.0. The van der Waals surface area contributed by atoms with Crippen LogP contribution in [-0.2, 0) is 38.8 Å². The highest BCUT2D eigenvalue weighted by atomic mass is 79.9. The van der Waals surface area contributed by atoms with Gasteiger partial charge < -0.3 is 19.7 Å². The van der Waals surface area contributed by atoms with Gasteiger partial charge in [0, 0.05) is 56.1 Å². The van der Waals surface area contributed by atoms with Gasteiger partial charge in [-0.15, -0.1) is 0 Å². The number of likely N-dealkylation sites (tertiary alicyclic amines) is 1. The van der Waals surface area contributed by atoms with Gasteiger partial charge >= 0.3 is 0 Å². The quantitative estimate of drug-likeness (QED) is 0.241. The molecule has 2 amide bonds. The lowest BCUT2D eigenvalue weighted by atomic mass is 10.0. The molecule has 6 rings (SSSR count). The Morgan fingerprint density at radius 3 is 2.49 bits per heavy atom. The number of piperidine rings is 1. The first-order valence-corrected chi connectivity index (χ1v) is 15.4. The number of hydrogen-bond donors (Lipinski definition) is 1. The van der Waals surface area contributed by atoms with E-state index < -0.39 is 6.04 Å². The minimum absolute atomic E-state index is 0.0577. The topological polar surface area (TPSA) is 141 Å². The second-order valence-electron chi connectivity index (χ2n) is 12.0. The average molecular weight is 677 g/mol. The minimum atomic E-state index is -0.679. The Balaban J connectivity index is 1.33. The number of nitrogens with zero attached hydrogens (tertiary/aromatic N) is 6. The van der Waals surface area contributed by atoms with Crippen LogP contribution in [0, 0.1) is 12.3 Å². The lowest BCUT2D eigenvalue weighted by Gasteiger charge is -2.27. The smallest absolute Gasteiger partial charge is 0.248 e. The fraction of sp³-hybridized carbons (Fsp3) is 0.406. The number of ether oxygens (including phenoxy) is 2. The molecule has 0 radical (unpaired) electrons. The molecule has 1 aliphatic heterocycles. The highest BCUT2D eigenvalue weighted by Gasteiger charge is 2.64. The summed E-state index contributed by atoms with van der Waals surface area (Å²) in [6.45, 7) is 5.75. The third kappa shape index (κ3) is 5.87. The Morgan fingerprint density at radius 1 is 1.07 bits per heavy atom. The summed E-state index contributed by atoms with van der Waals surface area (Å²) in [6, 6.07) is 6.69. The van der Waals surface area contributed by atoms with E-state index in [1.165, 1.54) is 6.92 Å². The molecule has 4 aromatic rings. The van der Waals surface area contributed by atoms with Crippen LogP contribution in [-0.4, -0.2) is 73.5 Å². The summed E-state index contributed by atoms with van der Waals surface area (Å²) in [5, 5.41) is 8.16. The van der Waals surface area contributed by atoms with Crippen LogP contribution in [0.25, 0.3) is 22.0 Å². The summed E-state index contributed by atoms with van der Waals surface area (Å²) < 4.78 is 12.9. The molecule has 1 aliphatic carbocycles. The number of hydrogen-bond acceptors (Lipinski definition) is 9. The number of rotatable bonds is 10. The van der Waals surface area contributed by atoms with Gasteiger partial charge in [0.25, 0.3) is 0 Å². The summed E-state index contributed by atoms with van der Waals surface area (Å²) in [6.07, 6.45) is 4.83. The maximum atomic E-state index is 14.1. The minimum Gasteiger partial charge on any atom is -0.380 e. The van der Waals surface area contributed by atoms with Gasteiger partial charge in [-0.1, -0.05) is 6.92 Å². The highest BCUT2D eigenvalue weighted by Crippen LogP contribution is 2.59. The normalized spacial score (nSPS) is 20.4. The number of anilines is 1. The van der Waals surface area contributed by atoms with Crippen LogP contribution >= 0.6 is 15.9 Å². The van der Waals surface area contributed by atoms with Crippen molar-refractivity contribution in [3.63, 3.8) is 0 Å². The molecule has 1 aromatic carbocycles. The number of methoxy groups -OCH3 is 2. The van der Waals surface area contributed by atoms with Crippen molar-refractivity contribution in [3.05, 3.63) is 63.9 Å². The second-order valence-corrected chi connectivity index (χ2v) is 12.9. The number of aromatic nitrogens is 5. The molecule has 1 saturated carbocycles. The lowest BCUT2D eigenvalue weighted by molar-refractivity contribution is -0.138. The van der Waals surface area contributed by atoms with E-state index in [1.54, 1.807) is 42.3 Å². The van der Waals surface area contributed by atoms with Crippen LogP contribution < -0.4 is 5.32 Å². The van der Waals surface area contributed by atoms with Gasteiger partial charge in [-0.05, 0) is 70.9 Å².